The molecule has 1 nitrogen and oxygen atoms in total. The summed E-state index contributed by atoms with van der Waals surface area (Å²) in [4.78, 5) is 1.49. The second-order valence-corrected chi connectivity index (χ2v) is 5.68. The van der Waals surface area contributed by atoms with E-state index in [1.54, 1.807) is 0 Å². The highest BCUT2D eigenvalue weighted by Crippen LogP contribution is 2.18. The third-order valence-electron chi connectivity index (χ3n) is 3.12. The Labute approximate surface area is 114 Å². The van der Waals surface area contributed by atoms with Gasteiger partial charge >= 0.3 is 0 Å². The van der Waals surface area contributed by atoms with Gasteiger partial charge in [-0.25, -0.2) is 0 Å². The van der Waals surface area contributed by atoms with Crippen LogP contribution in [0.4, 0.5) is 0 Å². The van der Waals surface area contributed by atoms with Crippen molar-refractivity contribution in [1.82, 2.24) is 5.32 Å². The number of hydrogen-bond acceptors (Lipinski definition) is 2. The second kappa shape index (κ2) is 7.34. The number of nitrogens with one attached hydrogen (secondary N) is 1. The Morgan fingerprint density at radius 1 is 1.06 bits per heavy atom. The lowest BCUT2D eigenvalue weighted by atomic mass is 9.95. The molecule has 0 fully saturated rings. The van der Waals surface area contributed by atoms with Crippen molar-refractivity contribution in [2.45, 2.75) is 19.8 Å². The van der Waals surface area contributed by atoms with Crippen LogP contribution >= 0.6 is 11.3 Å². The molecule has 18 heavy (non-hydrogen) atoms. The molecule has 2 heteroatoms. The molecule has 0 aliphatic carbocycles. The van der Waals surface area contributed by atoms with Gasteiger partial charge in [0.05, 0.1) is 0 Å². The van der Waals surface area contributed by atoms with Crippen LogP contribution in [-0.2, 0) is 12.8 Å². The van der Waals surface area contributed by atoms with E-state index < -0.39 is 0 Å². The maximum Gasteiger partial charge on any atom is 0.00485 e. The van der Waals surface area contributed by atoms with E-state index in [2.05, 4.69) is 60.1 Å². The Morgan fingerprint density at radius 3 is 2.56 bits per heavy atom. The topological polar surface area (TPSA) is 12.0 Å². The summed E-state index contributed by atoms with van der Waals surface area (Å²) in [5, 5.41) is 5.65. The van der Waals surface area contributed by atoms with E-state index in [4.69, 9.17) is 0 Å². The number of hydrogen-bond donors (Lipinski definition) is 1. The van der Waals surface area contributed by atoms with Gasteiger partial charge in [0.15, 0.2) is 0 Å². The Bertz CT molecular complexity index is 422. The zero-order chi connectivity index (χ0) is 12.6. The molecule has 1 aromatic heterocycles. The van der Waals surface area contributed by atoms with E-state index >= 15 is 0 Å². The fraction of sp³-hybridized carbons (Fsp3) is 0.375. The van der Waals surface area contributed by atoms with Crippen molar-refractivity contribution in [3.8, 4) is 0 Å². The van der Waals surface area contributed by atoms with E-state index in [1.165, 1.54) is 16.9 Å². The molecule has 0 saturated heterocycles. The molecule has 0 radical (unpaired) electrons. The Kier molecular flexibility index (Phi) is 5.43. The predicted octanol–water partition coefficient (Wildman–Crippen LogP) is 3.76. The Hall–Kier alpha value is -1.12. The van der Waals surface area contributed by atoms with Crippen LogP contribution in [0, 0.1) is 5.92 Å². The van der Waals surface area contributed by atoms with Crippen LogP contribution in [-0.4, -0.2) is 13.1 Å². The minimum Gasteiger partial charge on any atom is -0.317 e. The molecule has 1 N–H and O–H groups in total. The van der Waals surface area contributed by atoms with Gasteiger partial charge in [0.2, 0.25) is 0 Å². The summed E-state index contributed by atoms with van der Waals surface area (Å²) in [7, 11) is 0. The molecule has 2 aromatic rings. The summed E-state index contributed by atoms with van der Waals surface area (Å²) in [6.07, 6.45) is 2.34. The average molecular weight is 259 g/mol. The molecule has 1 atom stereocenters. The molecule has 1 heterocycles. The van der Waals surface area contributed by atoms with Gasteiger partial charge in [0.1, 0.15) is 0 Å². The predicted molar refractivity (Wildman–Crippen MR) is 80.2 cm³/mol. The van der Waals surface area contributed by atoms with Crippen molar-refractivity contribution in [3.05, 3.63) is 58.3 Å². The highest BCUT2D eigenvalue weighted by atomic mass is 32.1. The van der Waals surface area contributed by atoms with Gasteiger partial charge in [0, 0.05) is 4.88 Å². The quantitative estimate of drug-likeness (QED) is 0.798. The molecule has 0 aliphatic rings. The van der Waals surface area contributed by atoms with Crippen molar-refractivity contribution in [2.75, 3.05) is 13.1 Å². The first kappa shape index (κ1) is 13.3. The fourth-order valence-corrected chi connectivity index (χ4v) is 3.05. The third-order valence-corrected chi connectivity index (χ3v) is 4.02. The van der Waals surface area contributed by atoms with Gasteiger partial charge in [-0.15, -0.1) is 11.3 Å². The van der Waals surface area contributed by atoms with Crippen LogP contribution in [0.1, 0.15) is 17.4 Å². The minimum atomic E-state index is 0.686. The normalized spacial score (nSPS) is 12.5. The third kappa shape index (κ3) is 4.28. The molecule has 1 unspecified atom stereocenters. The van der Waals surface area contributed by atoms with Gasteiger partial charge in [0.25, 0.3) is 0 Å². The van der Waals surface area contributed by atoms with Gasteiger partial charge in [-0.3, -0.25) is 0 Å². The summed E-state index contributed by atoms with van der Waals surface area (Å²) >= 11 is 1.87. The summed E-state index contributed by atoms with van der Waals surface area (Å²) in [5.41, 5.74) is 1.44. The Balaban J connectivity index is 1.96. The first-order valence-electron chi connectivity index (χ1n) is 6.65. The molecular formula is C16H21NS. The standard InChI is InChI=1S/C16H21NS/c1-2-17-13-15(12-16-9-6-10-18-16)11-14-7-4-3-5-8-14/h3-10,15,17H,2,11-13H2,1H3. The van der Waals surface area contributed by atoms with Gasteiger partial charge in [-0.05, 0) is 48.9 Å². The summed E-state index contributed by atoms with van der Waals surface area (Å²) in [6, 6.07) is 15.2. The first-order chi connectivity index (χ1) is 8.88. The highest BCUT2D eigenvalue weighted by Gasteiger charge is 2.10. The van der Waals surface area contributed by atoms with E-state index in [0.717, 1.165) is 19.5 Å². The molecule has 0 saturated carbocycles. The SMILES string of the molecule is CCNCC(Cc1ccccc1)Cc1cccs1. The van der Waals surface area contributed by atoms with Crippen molar-refractivity contribution in [2.24, 2.45) is 5.92 Å². The van der Waals surface area contributed by atoms with Crippen LogP contribution in [0.5, 0.6) is 0 Å². The summed E-state index contributed by atoms with van der Waals surface area (Å²) < 4.78 is 0. The van der Waals surface area contributed by atoms with E-state index in [9.17, 15) is 0 Å². The number of rotatable bonds is 7. The molecule has 0 bridgehead atoms. The lowest BCUT2D eigenvalue weighted by Crippen LogP contribution is -2.25. The number of thiophene rings is 1. The second-order valence-electron chi connectivity index (χ2n) is 4.65. The van der Waals surface area contributed by atoms with Crippen molar-refractivity contribution in [1.29, 1.82) is 0 Å². The molecule has 2 rings (SSSR count). The highest BCUT2D eigenvalue weighted by molar-refractivity contribution is 7.09. The van der Waals surface area contributed by atoms with E-state index in [-0.39, 0.29) is 0 Å². The van der Waals surface area contributed by atoms with Crippen LogP contribution < -0.4 is 5.32 Å². The van der Waals surface area contributed by atoms with Crippen molar-refractivity contribution in [3.63, 3.8) is 0 Å². The average Bonchev–Trinajstić information content (AvgIpc) is 2.90. The largest absolute Gasteiger partial charge is 0.317 e. The number of benzene rings is 1. The van der Waals surface area contributed by atoms with E-state index in [0.29, 0.717) is 5.92 Å². The lowest BCUT2D eigenvalue weighted by molar-refractivity contribution is 0.481. The van der Waals surface area contributed by atoms with Crippen LogP contribution in [0.2, 0.25) is 0 Å². The van der Waals surface area contributed by atoms with Crippen molar-refractivity contribution >= 4 is 11.3 Å². The zero-order valence-corrected chi connectivity index (χ0v) is 11.7. The van der Waals surface area contributed by atoms with Crippen molar-refractivity contribution < 1.29 is 0 Å². The monoisotopic (exact) mass is 259 g/mol. The zero-order valence-electron chi connectivity index (χ0n) is 10.9. The first-order valence-corrected chi connectivity index (χ1v) is 7.53. The molecule has 96 valence electrons. The lowest BCUT2D eigenvalue weighted by Gasteiger charge is -2.16. The van der Waals surface area contributed by atoms with Gasteiger partial charge in [-0.1, -0.05) is 43.3 Å². The van der Waals surface area contributed by atoms with Crippen LogP contribution in [0.3, 0.4) is 0 Å². The molecule has 0 aliphatic heterocycles. The van der Waals surface area contributed by atoms with Gasteiger partial charge in [-0.2, -0.15) is 0 Å². The molecule has 0 amide bonds. The van der Waals surface area contributed by atoms with Gasteiger partial charge < -0.3 is 5.32 Å². The molecule has 0 spiro atoms. The van der Waals surface area contributed by atoms with Crippen LogP contribution in [0.15, 0.2) is 47.8 Å². The summed E-state index contributed by atoms with van der Waals surface area (Å²) in [6.45, 7) is 4.32. The maximum atomic E-state index is 3.49. The molecular weight excluding hydrogens is 238 g/mol. The Morgan fingerprint density at radius 2 is 1.89 bits per heavy atom. The smallest absolute Gasteiger partial charge is 0.00485 e. The minimum absolute atomic E-state index is 0.686. The maximum absolute atomic E-state index is 3.49. The fourth-order valence-electron chi connectivity index (χ4n) is 2.23. The molecule has 1 aromatic carbocycles. The van der Waals surface area contributed by atoms with E-state index in [1.807, 2.05) is 11.3 Å². The summed E-state index contributed by atoms with van der Waals surface area (Å²) in [5.74, 6) is 0.686. The van der Waals surface area contributed by atoms with Crippen LogP contribution in [0.25, 0.3) is 0 Å².